The van der Waals surface area contributed by atoms with Gasteiger partial charge in [-0.25, -0.2) is 13.1 Å². The Labute approximate surface area is 172 Å². The van der Waals surface area contributed by atoms with Crippen LogP contribution >= 0.6 is 0 Å². The summed E-state index contributed by atoms with van der Waals surface area (Å²) in [6.45, 7) is 7.66. The molecule has 2 N–H and O–H groups in total. The highest BCUT2D eigenvalue weighted by molar-refractivity contribution is 7.89. The summed E-state index contributed by atoms with van der Waals surface area (Å²) in [5.41, 5.74) is -0.380. The molecule has 2 amide bonds. The molecular formula is C21H29N3O4S. The van der Waals surface area contributed by atoms with Gasteiger partial charge >= 0.3 is 0 Å². The van der Waals surface area contributed by atoms with Crippen LogP contribution in [0.2, 0.25) is 0 Å². The van der Waals surface area contributed by atoms with E-state index in [2.05, 4.69) is 10.0 Å². The van der Waals surface area contributed by atoms with Crippen molar-refractivity contribution >= 4 is 32.6 Å². The van der Waals surface area contributed by atoms with Gasteiger partial charge in [-0.05, 0) is 50.6 Å². The standard InChI is InChI=1S/C21H29N3O4S/c1-5-24(15-19(25)23-21(2,3)4)20(26)12-13-22-29(27,28)18-11-10-16-8-6-7-9-17(16)14-18/h6-11,14,22H,5,12-13,15H2,1-4H3,(H,23,25). The topological polar surface area (TPSA) is 95.6 Å². The van der Waals surface area contributed by atoms with Crippen LogP contribution in [0, 0.1) is 0 Å². The van der Waals surface area contributed by atoms with E-state index in [0.717, 1.165) is 10.8 Å². The Morgan fingerprint density at radius 3 is 2.31 bits per heavy atom. The largest absolute Gasteiger partial charge is 0.350 e. The molecule has 0 bridgehead atoms. The molecule has 0 spiro atoms. The monoisotopic (exact) mass is 419 g/mol. The van der Waals surface area contributed by atoms with Crippen LogP contribution in [0.5, 0.6) is 0 Å². The zero-order valence-corrected chi connectivity index (χ0v) is 18.2. The number of fused-ring (bicyclic) bond motifs is 1. The summed E-state index contributed by atoms with van der Waals surface area (Å²) >= 11 is 0. The van der Waals surface area contributed by atoms with Gasteiger partial charge in [0.05, 0.1) is 11.4 Å². The molecule has 0 aliphatic rings. The van der Waals surface area contributed by atoms with Gasteiger partial charge in [0.1, 0.15) is 0 Å². The molecule has 0 radical (unpaired) electrons. The fourth-order valence-electron chi connectivity index (χ4n) is 2.88. The second-order valence-electron chi connectivity index (χ2n) is 7.86. The second kappa shape index (κ2) is 9.37. The molecule has 29 heavy (non-hydrogen) atoms. The fraction of sp³-hybridized carbons (Fsp3) is 0.429. The van der Waals surface area contributed by atoms with Crippen molar-refractivity contribution in [1.82, 2.24) is 14.9 Å². The summed E-state index contributed by atoms with van der Waals surface area (Å²) in [4.78, 5) is 26.0. The van der Waals surface area contributed by atoms with Gasteiger partial charge in [0.15, 0.2) is 0 Å². The number of benzene rings is 2. The zero-order chi connectivity index (χ0) is 21.7. The van der Waals surface area contributed by atoms with Crippen LogP contribution in [0.4, 0.5) is 0 Å². The Kier molecular flexibility index (Phi) is 7.37. The summed E-state index contributed by atoms with van der Waals surface area (Å²) in [6.07, 6.45) is -0.0244. The van der Waals surface area contributed by atoms with Gasteiger partial charge in [0.2, 0.25) is 21.8 Å². The molecule has 158 valence electrons. The highest BCUT2D eigenvalue weighted by Crippen LogP contribution is 2.18. The fourth-order valence-corrected chi connectivity index (χ4v) is 3.94. The zero-order valence-electron chi connectivity index (χ0n) is 17.4. The van der Waals surface area contributed by atoms with Crippen molar-refractivity contribution in [2.75, 3.05) is 19.6 Å². The van der Waals surface area contributed by atoms with Gasteiger partial charge in [-0.3, -0.25) is 9.59 Å². The quantitative estimate of drug-likeness (QED) is 0.686. The number of sulfonamides is 1. The maximum atomic E-state index is 12.5. The Balaban J connectivity index is 1.94. The van der Waals surface area contributed by atoms with Crippen LogP contribution in [0.1, 0.15) is 34.1 Å². The van der Waals surface area contributed by atoms with E-state index in [4.69, 9.17) is 0 Å². The predicted molar refractivity (Wildman–Crippen MR) is 114 cm³/mol. The number of carbonyl (C=O) groups is 2. The van der Waals surface area contributed by atoms with Crippen LogP contribution in [-0.2, 0) is 19.6 Å². The van der Waals surface area contributed by atoms with E-state index in [1.165, 1.54) is 4.90 Å². The van der Waals surface area contributed by atoms with Crippen molar-refractivity contribution in [3.63, 3.8) is 0 Å². The first-order chi connectivity index (χ1) is 13.5. The summed E-state index contributed by atoms with van der Waals surface area (Å²) in [5, 5.41) is 4.59. The van der Waals surface area contributed by atoms with Crippen molar-refractivity contribution in [2.45, 2.75) is 44.6 Å². The molecule has 0 unspecified atom stereocenters. The lowest BCUT2D eigenvalue weighted by atomic mass is 10.1. The molecule has 0 aromatic heterocycles. The highest BCUT2D eigenvalue weighted by atomic mass is 32.2. The van der Waals surface area contributed by atoms with Crippen LogP contribution in [0.3, 0.4) is 0 Å². The summed E-state index contributed by atoms with van der Waals surface area (Å²) < 4.78 is 27.5. The Morgan fingerprint density at radius 2 is 1.69 bits per heavy atom. The van der Waals surface area contributed by atoms with E-state index in [0.29, 0.717) is 6.54 Å². The minimum Gasteiger partial charge on any atom is -0.350 e. The average Bonchev–Trinajstić information content (AvgIpc) is 2.64. The number of carbonyl (C=O) groups excluding carboxylic acids is 2. The molecule has 0 atom stereocenters. The van der Waals surface area contributed by atoms with Gasteiger partial charge in [0, 0.05) is 25.0 Å². The van der Waals surface area contributed by atoms with Gasteiger partial charge in [0.25, 0.3) is 0 Å². The van der Waals surface area contributed by atoms with E-state index >= 15 is 0 Å². The number of nitrogens with zero attached hydrogens (tertiary/aromatic N) is 1. The Bertz CT molecular complexity index is 981. The van der Waals surface area contributed by atoms with Crippen LogP contribution in [-0.4, -0.2) is 50.3 Å². The molecule has 0 fully saturated rings. The third-order valence-corrected chi connectivity index (χ3v) is 5.70. The normalized spacial score (nSPS) is 12.0. The molecule has 0 saturated heterocycles. The minimum absolute atomic E-state index is 0.0244. The van der Waals surface area contributed by atoms with E-state index in [1.54, 1.807) is 25.1 Å². The summed E-state index contributed by atoms with van der Waals surface area (Å²) in [7, 11) is -3.73. The third-order valence-electron chi connectivity index (χ3n) is 4.25. The molecule has 8 heteroatoms. The minimum atomic E-state index is -3.73. The lowest BCUT2D eigenvalue weighted by Crippen LogP contribution is -2.47. The summed E-state index contributed by atoms with van der Waals surface area (Å²) in [6, 6.07) is 12.4. The van der Waals surface area contributed by atoms with Crippen molar-refractivity contribution in [1.29, 1.82) is 0 Å². The number of likely N-dealkylation sites (N-methyl/N-ethyl adjacent to an activating group) is 1. The Hall–Kier alpha value is -2.45. The van der Waals surface area contributed by atoms with Crippen LogP contribution < -0.4 is 10.0 Å². The molecular weight excluding hydrogens is 390 g/mol. The maximum Gasteiger partial charge on any atom is 0.240 e. The lowest BCUT2D eigenvalue weighted by molar-refractivity contribution is -0.136. The third kappa shape index (κ3) is 6.83. The predicted octanol–water partition coefficient (Wildman–Crippen LogP) is 2.27. The lowest BCUT2D eigenvalue weighted by Gasteiger charge is -2.25. The SMILES string of the molecule is CCN(CC(=O)NC(C)(C)C)C(=O)CCNS(=O)(=O)c1ccc2ccccc2c1. The van der Waals surface area contributed by atoms with E-state index in [9.17, 15) is 18.0 Å². The number of hydrogen-bond acceptors (Lipinski definition) is 4. The van der Waals surface area contributed by atoms with Gasteiger partial charge in [-0.2, -0.15) is 0 Å². The molecule has 2 aromatic rings. The summed E-state index contributed by atoms with van der Waals surface area (Å²) in [5.74, 6) is -0.526. The molecule has 2 rings (SSSR count). The molecule has 2 aromatic carbocycles. The van der Waals surface area contributed by atoms with E-state index < -0.39 is 10.0 Å². The van der Waals surface area contributed by atoms with Crippen molar-refractivity contribution in [3.8, 4) is 0 Å². The maximum absolute atomic E-state index is 12.5. The number of rotatable bonds is 8. The first-order valence-electron chi connectivity index (χ1n) is 9.59. The highest BCUT2D eigenvalue weighted by Gasteiger charge is 2.20. The smallest absolute Gasteiger partial charge is 0.240 e. The van der Waals surface area contributed by atoms with Crippen molar-refractivity contribution < 1.29 is 18.0 Å². The number of nitrogens with one attached hydrogen (secondary N) is 2. The van der Waals surface area contributed by atoms with Crippen molar-refractivity contribution in [3.05, 3.63) is 42.5 Å². The van der Waals surface area contributed by atoms with Gasteiger partial charge in [-0.15, -0.1) is 0 Å². The van der Waals surface area contributed by atoms with Crippen LogP contribution in [0.15, 0.2) is 47.4 Å². The Morgan fingerprint density at radius 1 is 1.03 bits per heavy atom. The van der Waals surface area contributed by atoms with Crippen LogP contribution in [0.25, 0.3) is 10.8 Å². The molecule has 0 aliphatic carbocycles. The number of hydrogen-bond donors (Lipinski definition) is 2. The molecule has 0 aliphatic heterocycles. The second-order valence-corrected chi connectivity index (χ2v) is 9.63. The molecule has 0 heterocycles. The first-order valence-corrected chi connectivity index (χ1v) is 11.1. The van der Waals surface area contributed by atoms with E-state index in [-0.39, 0.29) is 41.8 Å². The van der Waals surface area contributed by atoms with Gasteiger partial charge < -0.3 is 10.2 Å². The van der Waals surface area contributed by atoms with Gasteiger partial charge in [-0.1, -0.05) is 30.3 Å². The first kappa shape index (κ1) is 22.8. The van der Waals surface area contributed by atoms with Crippen molar-refractivity contribution in [2.24, 2.45) is 0 Å². The average molecular weight is 420 g/mol. The molecule has 0 saturated carbocycles. The van der Waals surface area contributed by atoms with E-state index in [1.807, 2.05) is 45.0 Å². The molecule has 7 nitrogen and oxygen atoms in total. The number of amides is 2.